The van der Waals surface area contributed by atoms with Gasteiger partial charge in [-0.3, -0.25) is 4.98 Å². The average Bonchev–Trinajstić information content (AvgIpc) is 2.64. The molecule has 120 valence electrons. The lowest BCUT2D eigenvalue weighted by Gasteiger charge is -2.21. The first-order valence-corrected chi connectivity index (χ1v) is 8.29. The normalized spacial score (nSPS) is 13.4. The molecule has 0 aliphatic carbocycles. The summed E-state index contributed by atoms with van der Waals surface area (Å²) in [6, 6.07) is 16.5. The number of benzene rings is 1. The molecule has 2 aromatic heterocycles. The average molecular weight is 316 g/mol. The van der Waals surface area contributed by atoms with Crippen LogP contribution in [0, 0.1) is 6.92 Å². The lowest BCUT2D eigenvalue weighted by Crippen LogP contribution is -2.24. The molecule has 0 fully saturated rings. The Balaban J connectivity index is 1.69. The zero-order valence-electron chi connectivity index (χ0n) is 13.7. The Morgan fingerprint density at radius 2 is 2.00 bits per heavy atom. The summed E-state index contributed by atoms with van der Waals surface area (Å²) in [5.74, 6) is 0.855. The molecular formula is C20H20N4. The molecule has 4 rings (SSSR count). The highest BCUT2D eigenvalue weighted by molar-refractivity contribution is 5.67. The Kier molecular flexibility index (Phi) is 3.97. The van der Waals surface area contributed by atoms with Crippen LogP contribution in [0.25, 0.3) is 11.4 Å². The van der Waals surface area contributed by atoms with Crippen LogP contribution in [0.15, 0.2) is 54.7 Å². The smallest absolute Gasteiger partial charge is 0.131 e. The van der Waals surface area contributed by atoms with Crippen LogP contribution in [-0.2, 0) is 13.0 Å². The minimum Gasteiger partial charge on any atom is -0.340 e. The Hall–Kier alpha value is -2.72. The van der Waals surface area contributed by atoms with E-state index in [1.54, 1.807) is 6.20 Å². The number of aromatic nitrogens is 2. The van der Waals surface area contributed by atoms with Crippen LogP contribution in [-0.4, -0.2) is 16.5 Å². The number of aryl methyl sites for hydroxylation is 1. The summed E-state index contributed by atoms with van der Waals surface area (Å²) in [5.41, 5.74) is 6.85. The van der Waals surface area contributed by atoms with Gasteiger partial charge in [0.25, 0.3) is 0 Å². The van der Waals surface area contributed by atoms with Gasteiger partial charge in [0.2, 0.25) is 0 Å². The Labute approximate surface area is 142 Å². The molecule has 0 radical (unpaired) electrons. The monoisotopic (exact) mass is 316 g/mol. The zero-order chi connectivity index (χ0) is 16.4. The molecule has 0 amide bonds. The fourth-order valence-corrected chi connectivity index (χ4v) is 3.15. The Morgan fingerprint density at radius 1 is 1.04 bits per heavy atom. The van der Waals surface area contributed by atoms with E-state index in [9.17, 15) is 0 Å². The van der Waals surface area contributed by atoms with Crippen molar-refractivity contribution in [3.8, 4) is 11.4 Å². The first-order valence-electron chi connectivity index (χ1n) is 8.29. The molecule has 3 heterocycles. The number of nitrogens with one attached hydrogen (secondary N) is 2. The molecule has 3 aromatic rings. The second-order valence-corrected chi connectivity index (χ2v) is 6.07. The predicted octanol–water partition coefficient (Wildman–Crippen LogP) is 3.84. The largest absolute Gasteiger partial charge is 0.340 e. The van der Waals surface area contributed by atoms with Gasteiger partial charge in [-0.25, -0.2) is 4.98 Å². The van der Waals surface area contributed by atoms with Crippen molar-refractivity contribution in [3.05, 3.63) is 71.4 Å². The van der Waals surface area contributed by atoms with Crippen molar-refractivity contribution >= 4 is 11.5 Å². The van der Waals surface area contributed by atoms with Gasteiger partial charge in [0.15, 0.2) is 0 Å². The lowest BCUT2D eigenvalue weighted by atomic mass is 9.99. The van der Waals surface area contributed by atoms with Gasteiger partial charge in [0.05, 0.1) is 11.4 Å². The fraction of sp³-hybridized carbons (Fsp3) is 0.200. The maximum Gasteiger partial charge on any atom is 0.131 e. The van der Waals surface area contributed by atoms with E-state index in [0.717, 1.165) is 48.0 Å². The summed E-state index contributed by atoms with van der Waals surface area (Å²) >= 11 is 0. The number of fused-ring (bicyclic) bond motifs is 1. The van der Waals surface area contributed by atoms with Gasteiger partial charge in [-0.1, -0.05) is 24.3 Å². The number of hydrogen-bond donors (Lipinski definition) is 2. The van der Waals surface area contributed by atoms with Crippen LogP contribution in [0.5, 0.6) is 0 Å². The lowest BCUT2D eigenvalue weighted by molar-refractivity contribution is 0.645. The Morgan fingerprint density at radius 3 is 2.88 bits per heavy atom. The van der Waals surface area contributed by atoms with E-state index in [0.29, 0.717) is 0 Å². The van der Waals surface area contributed by atoms with Gasteiger partial charge in [-0.15, -0.1) is 0 Å². The Bertz CT molecular complexity index is 859. The summed E-state index contributed by atoms with van der Waals surface area (Å²) in [4.78, 5) is 9.23. The molecule has 0 saturated heterocycles. The summed E-state index contributed by atoms with van der Waals surface area (Å²) in [7, 11) is 0. The van der Waals surface area contributed by atoms with Crippen LogP contribution in [0.3, 0.4) is 0 Å². The third kappa shape index (κ3) is 2.88. The van der Waals surface area contributed by atoms with Crippen molar-refractivity contribution in [2.75, 3.05) is 11.9 Å². The van der Waals surface area contributed by atoms with Crippen molar-refractivity contribution in [2.24, 2.45) is 0 Å². The minimum absolute atomic E-state index is 0.855. The molecule has 0 saturated carbocycles. The standard InChI is InChI=1S/C20H20N4/c1-14-8-9-19(24-20(14)18-6-2-3-11-22-18)23-17-7-4-5-15-13-21-12-10-16(15)17/h2-9,11,21H,10,12-13H2,1H3,(H,23,24). The number of rotatable bonds is 3. The number of pyridine rings is 2. The maximum absolute atomic E-state index is 4.80. The van der Waals surface area contributed by atoms with E-state index >= 15 is 0 Å². The number of nitrogens with zero attached hydrogens (tertiary/aromatic N) is 2. The van der Waals surface area contributed by atoms with E-state index in [-0.39, 0.29) is 0 Å². The third-order valence-corrected chi connectivity index (χ3v) is 4.41. The van der Waals surface area contributed by atoms with Gasteiger partial charge in [0, 0.05) is 18.4 Å². The fourth-order valence-electron chi connectivity index (χ4n) is 3.15. The van der Waals surface area contributed by atoms with Crippen LogP contribution < -0.4 is 10.6 Å². The molecule has 4 heteroatoms. The first kappa shape index (κ1) is 14.8. The van der Waals surface area contributed by atoms with E-state index in [1.165, 1.54) is 11.1 Å². The van der Waals surface area contributed by atoms with Gasteiger partial charge in [-0.05, 0) is 60.8 Å². The van der Waals surface area contributed by atoms with E-state index in [4.69, 9.17) is 4.98 Å². The molecular weight excluding hydrogens is 296 g/mol. The molecule has 4 nitrogen and oxygen atoms in total. The minimum atomic E-state index is 0.855. The quantitative estimate of drug-likeness (QED) is 0.771. The molecule has 0 unspecified atom stereocenters. The second kappa shape index (κ2) is 6.42. The molecule has 0 atom stereocenters. The molecule has 24 heavy (non-hydrogen) atoms. The predicted molar refractivity (Wildman–Crippen MR) is 97.3 cm³/mol. The summed E-state index contributed by atoms with van der Waals surface area (Å²) in [6.07, 6.45) is 2.84. The summed E-state index contributed by atoms with van der Waals surface area (Å²) < 4.78 is 0. The van der Waals surface area contributed by atoms with Crippen LogP contribution in [0.2, 0.25) is 0 Å². The number of anilines is 2. The van der Waals surface area contributed by atoms with Crippen molar-refractivity contribution in [1.29, 1.82) is 0 Å². The summed E-state index contributed by atoms with van der Waals surface area (Å²) in [5, 5.41) is 6.92. The van der Waals surface area contributed by atoms with E-state index in [2.05, 4.69) is 46.8 Å². The van der Waals surface area contributed by atoms with Gasteiger partial charge < -0.3 is 10.6 Å². The third-order valence-electron chi connectivity index (χ3n) is 4.41. The van der Waals surface area contributed by atoms with Gasteiger partial charge in [-0.2, -0.15) is 0 Å². The molecule has 1 aromatic carbocycles. The zero-order valence-corrected chi connectivity index (χ0v) is 13.7. The highest BCUT2D eigenvalue weighted by Crippen LogP contribution is 2.27. The van der Waals surface area contributed by atoms with Crippen LogP contribution in [0.4, 0.5) is 11.5 Å². The topological polar surface area (TPSA) is 49.8 Å². The molecule has 1 aliphatic heterocycles. The number of hydrogen-bond acceptors (Lipinski definition) is 4. The molecule has 1 aliphatic rings. The van der Waals surface area contributed by atoms with Gasteiger partial charge >= 0.3 is 0 Å². The summed E-state index contributed by atoms with van der Waals surface area (Å²) in [6.45, 7) is 4.02. The highest BCUT2D eigenvalue weighted by atomic mass is 15.0. The van der Waals surface area contributed by atoms with Gasteiger partial charge in [0.1, 0.15) is 5.82 Å². The van der Waals surface area contributed by atoms with Crippen LogP contribution >= 0.6 is 0 Å². The van der Waals surface area contributed by atoms with Crippen LogP contribution in [0.1, 0.15) is 16.7 Å². The van der Waals surface area contributed by atoms with E-state index < -0.39 is 0 Å². The molecule has 0 bridgehead atoms. The maximum atomic E-state index is 4.80. The van der Waals surface area contributed by atoms with Crippen molar-refractivity contribution in [2.45, 2.75) is 19.9 Å². The van der Waals surface area contributed by atoms with E-state index in [1.807, 2.05) is 24.3 Å². The van der Waals surface area contributed by atoms with Crippen molar-refractivity contribution < 1.29 is 0 Å². The van der Waals surface area contributed by atoms with Crippen molar-refractivity contribution in [1.82, 2.24) is 15.3 Å². The van der Waals surface area contributed by atoms with Crippen molar-refractivity contribution in [3.63, 3.8) is 0 Å². The first-order chi connectivity index (χ1) is 11.8. The molecule has 2 N–H and O–H groups in total. The SMILES string of the molecule is Cc1ccc(Nc2cccc3c2CCNC3)nc1-c1ccccn1. The highest BCUT2D eigenvalue weighted by Gasteiger charge is 2.13. The molecule has 0 spiro atoms. The second-order valence-electron chi connectivity index (χ2n) is 6.07.